The van der Waals surface area contributed by atoms with E-state index in [1.807, 2.05) is 72.4 Å². The lowest BCUT2D eigenvalue weighted by molar-refractivity contribution is -0.130. The second-order valence-corrected chi connectivity index (χ2v) is 8.23. The average Bonchev–Trinajstić information content (AvgIpc) is 3.46. The van der Waals surface area contributed by atoms with Crippen LogP contribution in [0.4, 0.5) is 0 Å². The molecular weight excluding hydrogens is 412 g/mol. The van der Waals surface area contributed by atoms with Crippen LogP contribution in [0.1, 0.15) is 36.1 Å². The normalized spacial score (nSPS) is 15.5. The molecule has 6 nitrogen and oxygen atoms in total. The molecule has 2 heterocycles. The van der Waals surface area contributed by atoms with Gasteiger partial charge >= 0.3 is 0 Å². The van der Waals surface area contributed by atoms with Crippen LogP contribution in [0.5, 0.6) is 5.75 Å². The van der Waals surface area contributed by atoms with Gasteiger partial charge in [-0.1, -0.05) is 60.2 Å². The predicted octanol–water partition coefficient (Wildman–Crippen LogP) is 5.25. The molecule has 1 aliphatic heterocycles. The van der Waals surface area contributed by atoms with Gasteiger partial charge in [0.05, 0.1) is 23.1 Å². The second-order valence-electron chi connectivity index (χ2n) is 8.23. The summed E-state index contributed by atoms with van der Waals surface area (Å²) >= 11 is 0. The highest BCUT2D eigenvalue weighted by atomic mass is 16.3. The summed E-state index contributed by atoms with van der Waals surface area (Å²) in [6, 6.07) is 24.9. The van der Waals surface area contributed by atoms with Gasteiger partial charge in [0.25, 0.3) is 0 Å². The van der Waals surface area contributed by atoms with E-state index >= 15 is 0 Å². The van der Waals surface area contributed by atoms with Gasteiger partial charge in [-0.05, 0) is 31.2 Å². The minimum absolute atomic E-state index is 0.152. The number of rotatable bonds is 4. The number of hydrogen-bond acceptors (Lipinski definition) is 4. The van der Waals surface area contributed by atoms with Crippen molar-refractivity contribution < 1.29 is 9.90 Å². The highest BCUT2D eigenvalue weighted by molar-refractivity contribution is 6.05. The number of hydrogen-bond donors (Lipinski definition) is 1. The van der Waals surface area contributed by atoms with E-state index in [1.54, 1.807) is 12.1 Å². The van der Waals surface area contributed by atoms with Crippen molar-refractivity contribution in [1.29, 1.82) is 0 Å². The molecule has 0 saturated heterocycles. The number of nitrogens with zero attached hydrogens (tertiary/aromatic N) is 4. The first-order chi connectivity index (χ1) is 16.0. The highest BCUT2D eigenvalue weighted by Crippen LogP contribution is 2.39. The topological polar surface area (TPSA) is 70.7 Å². The molecule has 6 heteroatoms. The largest absolute Gasteiger partial charge is 0.507 e. The number of para-hydroxylation sites is 2. The molecule has 0 fully saturated rings. The fourth-order valence-corrected chi connectivity index (χ4v) is 4.20. The Balaban J connectivity index is 1.63. The molecule has 0 bridgehead atoms. The zero-order chi connectivity index (χ0) is 22.9. The molecule has 0 saturated carbocycles. The lowest BCUT2D eigenvalue weighted by atomic mass is 9.96. The van der Waals surface area contributed by atoms with Crippen LogP contribution in [-0.4, -0.2) is 31.5 Å². The van der Waals surface area contributed by atoms with Gasteiger partial charge in [-0.3, -0.25) is 4.79 Å². The fraction of sp³-hybridized carbons (Fsp3) is 0.148. The Morgan fingerprint density at radius 3 is 2.36 bits per heavy atom. The van der Waals surface area contributed by atoms with Crippen LogP contribution in [0.3, 0.4) is 0 Å². The van der Waals surface area contributed by atoms with Gasteiger partial charge in [-0.15, -0.1) is 0 Å². The Morgan fingerprint density at radius 1 is 0.970 bits per heavy atom. The van der Waals surface area contributed by atoms with Gasteiger partial charge in [0.2, 0.25) is 5.91 Å². The predicted molar refractivity (Wildman–Crippen MR) is 128 cm³/mol. The number of aryl methyl sites for hydroxylation is 1. The lowest BCUT2D eigenvalue weighted by Gasteiger charge is -2.20. The van der Waals surface area contributed by atoms with E-state index in [-0.39, 0.29) is 17.7 Å². The van der Waals surface area contributed by atoms with Gasteiger partial charge in [0.15, 0.2) is 0 Å². The van der Waals surface area contributed by atoms with E-state index in [1.165, 1.54) is 17.5 Å². The van der Waals surface area contributed by atoms with Gasteiger partial charge in [-0.25, -0.2) is 9.69 Å². The monoisotopic (exact) mass is 436 g/mol. The van der Waals surface area contributed by atoms with Crippen molar-refractivity contribution >= 4 is 11.6 Å². The van der Waals surface area contributed by atoms with Crippen LogP contribution in [-0.2, 0) is 4.79 Å². The zero-order valence-electron chi connectivity index (χ0n) is 18.5. The highest BCUT2D eigenvalue weighted by Gasteiger charge is 2.35. The molecule has 0 spiro atoms. The number of phenolic OH excluding ortho intramolecular Hbond substituents is 1. The third-order valence-corrected chi connectivity index (χ3v) is 5.90. The van der Waals surface area contributed by atoms with Gasteiger partial charge < -0.3 is 5.11 Å². The number of carbonyl (C=O) groups excluding carboxylic acids is 1. The van der Waals surface area contributed by atoms with E-state index in [4.69, 9.17) is 5.10 Å². The Bertz CT molecular complexity index is 1340. The summed E-state index contributed by atoms with van der Waals surface area (Å²) in [4.78, 5) is 12.6. The molecule has 1 atom stereocenters. The summed E-state index contributed by atoms with van der Waals surface area (Å²) in [7, 11) is 0. The lowest BCUT2D eigenvalue weighted by Crippen LogP contribution is -2.24. The van der Waals surface area contributed by atoms with Crippen LogP contribution in [0, 0.1) is 6.92 Å². The molecule has 1 aliphatic rings. The maximum absolute atomic E-state index is 12.6. The number of hydrazone groups is 1. The number of aromatic nitrogens is 2. The molecule has 3 aromatic carbocycles. The maximum Gasteiger partial charge on any atom is 0.240 e. The summed E-state index contributed by atoms with van der Waals surface area (Å²) in [6.45, 7) is 3.56. The van der Waals surface area contributed by atoms with Crippen molar-refractivity contribution in [3.8, 4) is 22.7 Å². The molecule has 164 valence electrons. The molecule has 1 N–H and O–H groups in total. The molecule has 1 amide bonds. The Hall–Kier alpha value is -4.19. The van der Waals surface area contributed by atoms with Crippen molar-refractivity contribution in [2.45, 2.75) is 26.3 Å². The van der Waals surface area contributed by atoms with Crippen LogP contribution in [0.25, 0.3) is 16.9 Å². The summed E-state index contributed by atoms with van der Waals surface area (Å²) in [6.07, 6.45) is 2.46. The summed E-state index contributed by atoms with van der Waals surface area (Å²) in [5, 5.41) is 21.4. The third kappa shape index (κ3) is 3.91. The Kier molecular flexibility index (Phi) is 5.26. The molecule has 4 aromatic rings. The van der Waals surface area contributed by atoms with Crippen molar-refractivity contribution in [3.63, 3.8) is 0 Å². The van der Waals surface area contributed by atoms with E-state index in [0.717, 1.165) is 22.5 Å². The number of benzene rings is 3. The van der Waals surface area contributed by atoms with Crippen LogP contribution in [0.15, 0.2) is 90.2 Å². The Labute approximate surface area is 192 Å². The summed E-state index contributed by atoms with van der Waals surface area (Å²) in [5.41, 5.74) is 6.11. The van der Waals surface area contributed by atoms with Gasteiger partial charge in [-0.2, -0.15) is 10.2 Å². The van der Waals surface area contributed by atoms with E-state index in [9.17, 15) is 9.90 Å². The molecule has 33 heavy (non-hydrogen) atoms. The van der Waals surface area contributed by atoms with Crippen molar-refractivity contribution in [2.75, 3.05) is 0 Å². The van der Waals surface area contributed by atoms with E-state index in [2.05, 4.69) is 17.2 Å². The molecule has 0 radical (unpaired) electrons. The quantitative estimate of drug-likeness (QED) is 0.475. The van der Waals surface area contributed by atoms with Crippen molar-refractivity contribution in [3.05, 3.63) is 102 Å². The van der Waals surface area contributed by atoms with Crippen molar-refractivity contribution in [2.24, 2.45) is 5.10 Å². The van der Waals surface area contributed by atoms with Crippen molar-refractivity contribution in [1.82, 2.24) is 14.8 Å². The zero-order valence-corrected chi connectivity index (χ0v) is 18.5. The van der Waals surface area contributed by atoms with E-state index in [0.29, 0.717) is 17.7 Å². The first-order valence-electron chi connectivity index (χ1n) is 10.9. The van der Waals surface area contributed by atoms with Crippen LogP contribution in [0.2, 0.25) is 0 Å². The van der Waals surface area contributed by atoms with Crippen LogP contribution < -0.4 is 0 Å². The molecule has 0 aliphatic carbocycles. The smallest absolute Gasteiger partial charge is 0.240 e. The standard InChI is InChI=1S/C27H24N4O2/c1-18-12-14-20(15-13-18)27-23(17-30(29-27)21-8-4-3-5-9-21)25-16-24(28-31(25)19(2)32)22-10-6-7-11-26(22)33/h3-15,17,25,33H,16H2,1-2H3. The second kappa shape index (κ2) is 8.39. The number of phenols is 1. The SMILES string of the molecule is CC(=O)N1N=C(c2ccccc2O)CC1c1cn(-c2ccccc2)nc1-c1ccc(C)cc1. The fourth-order valence-electron chi connectivity index (χ4n) is 4.20. The minimum Gasteiger partial charge on any atom is -0.507 e. The molecular formula is C27H24N4O2. The number of amides is 1. The minimum atomic E-state index is -0.328. The first-order valence-corrected chi connectivity index (χ1v) is 10.9. The average molecular weight is 437 g/mol. The van der Waals surface area contributed by atoms with Gasteiger partial charge in [0.1, 0.15) is 5.75 Å². The number of carbonyl (C=O) groups is 1. The summed E-state index contributed by atoms with van der Waals surface area (Å²) in [5.74, 6) is -0.00752. The molecule has 5 rings (SSSR count). The first kappa shape index (κ1) is 20.7. The third-order valence-electron chi connectivity index (χ3n) is 5.90. The summed E-state index contributed by atoms with van der Waals surface area (Å²) < 4.78 is 1.85. The van der Waals surface area contributed by atoms with Crippen LogP contribution >= 0.6 is 0 Å². The Morgan fingerprint density at radius 2 is 1.67 bits per heavy atom. The van der Waals surface area contributed by atoms with E-state index < -0.39 is 0 Å². The number of aromatic hydroxyl groups is 1. The van der Waals surface area contributed by atoms with Gasteiger partial charge in [0, 0.05) is 36.2 Å². The molecule has 1 aromatic heterocycles. The maximum atomic E-state index is 12.6. The molecule has 1 unspecified atom stereocenters.